The average Bonchev–Trinajstić information content (AvgIpc) is 2.95. The predicted molar refractivity (Wildman–Crippen MR) is 116 cm³/mol. The molecule has 0 saturated carbocycles. The fraction of sp³-hybridized carbons (Fsp3) is 0.105. The number of carbonyl (C=O) groups is 2. The molecular weight excluding hydrogens is 412 g/mol. The van der Waals surface area contributed by atoms with Crippen molar-refractivity contribution >= 4 is 57.6 Å². The number of thiocarbonyl (C=S) groups is 1. The van der Waals surface area contributed by atoms with E-state index in [1.807, 2.05) is 43.3 Å². The lowest BCUT2D eigenvalue weighted by Gasteiger charge is -2.15. The number of hydrazine groups is 1. The average molecular weight is 428 g/mol. The number of rotatable bonds is 5. The molecule has 1 aliphatic rings. The highest BCUT2D eigenvalue weighted by molar-refractivity contribution is 8.26. The highest BCUT2D eigenvalue weighted by atomic mass is 32.2. The minimum absolute atomic E-state index is 0.0523. The van der Waals surface area contributed by atoms with Crippen molar-refractivity contribution in [1.82, 2.24) is 10.4 Å². The number of nitrogens with one attached hydrogen (secondary N) is 1. The van der Waals surface area contributed by atoms with Gasteiger partial charge in [0, 0.05) is 37.5 Å². The van der Waals surface area contributed by atoms with Crippen molar-refractivity contribution in [3.63, 3.8) is 0 Å². The number of carbonyl (C=O) groups excluding carboxylic acids is 2. The lowest BCUT2D eigenvalue weighted by molar-refractivity contribution is -0.384. The first-order valence-corrected chi connectivity index (χ1v) is 9.59. The lowest BCUT2D eigenvalue weighted by atomic mass is 10.2. The second kappa shape index (κ2) is 8.41. The van der Waals surface area contributed by atoms with Gasteiger partial charge in [-0.3, -0.25) is 25.1 Å². The van der Waals surface area contributed by atoms with Crippen molar-refractivity contribution in [2.24, 2.45) is 0 Å². The Balaban J connectivity index is 1.75. The summed E-state index contributed by atoms with van der Waals surface area (Å²) in [6.45, 7) is 0. The molecule has 0 bridgehead atoms. The minimum atomic E-state index is -0.665. The van der Waals surface area contributed by atoms with E-state index in [4.69, 9.17) is 12.2 Å². The molecule has 1 saturated heterocycles. The summed E-state index contributed by atoms with van der Waals surface area (Å²) in [6, 6.07) is 12.8. The molecule has 0 atom stereocenters. The zero-order valence-electron chi connectivity index (χ0n) is 15.5. The maximum absolute atomic E-state index is 12.7. The summed E-state index contributed by atoms with van der Waals surface area (Å²) in [5.74, 6) is -1.13. The van der Waals surface area contributed by atoms with E-state index in [1.54, 1.807) is 6.08 Å². The molecule has 1 fully saturated rings. The summed E-state index contributed by atoms with van der Waals surface area (Å²) in [5, 5.41) is 11.8. The van der Waals surface area contributed by atoms with Crippen LogP contribution in [-0.2, 0) is 4.79 Å². The Kier molecular flexibility index (Phi) is 5.95. The third kappa shape index (κ3) is 4.61. The second-order valence-corrected chi connectivity index (χ2v) is 7.93. The molecule has 29 heavy (non-hydrogen) atoms. The van der Waals surface area contributed by atoms with Gasteiger partial charge in [-0.1, -0.05) is 30.0 Å². The molecule has 2 amide bonds. The molecule has 2 aromatic rings. The quantitative estimate of drug-likeness (QED) is 0.338. The lowest BCUT2D eigenvalue weighted by Crippen LogP contribution is -2.44. The van der Waals surface area contributed by atoms with Crippen LogP contribution in [0, 0.1) is 10.1 Å². The van der Waals surface area contributed by atoms with Crippen molar-refractivity contribution in [2.45, 2.75) is 0 Å². The number of anilines is 1. The first-order valence-electron chi connectivity index (χ1n) is 8.37. The van der Waals surface area contributed by atoms with Crippen LogP contribution in [0.4, 0.5) is 11.4 Å². The van der Waals surface area contributed by atoms with Gasteiger partial charge >= 0.3 is 0 Å². The molecule has 0 aliphatic carbocycles. The van der Waals surface area contributed by atoms with E-state index in [9.17, 15) is 19.7 Å². The number of nitro groups is 1. The fourth-order valence-electron chi connectivity index (χ4n) is 2.51. The molecule has 3 rings (SSSR count). The van der Waals surface area contributed by atoms with Crippen LogP contribution in [0.2, 0.25) is 0 Å². The van der Waals surface area contributed by atoms with Crippen molar-refractivity contribution in [3.8, 4) is 0 Å². The van der Waals surface area contributed by atoms with E-state index in [-0.39, 0.29) is 15.6 Å². The fourth-order valence-corrected chi connectivity index (χ4v) is 3.69. The smallest absolute Gasteiger partial charge is 0.285 e. The normalized spacial score (nSPS) is 15.0. The maximum atomic E-state index is 12.7. The van der Waals surface area contributed by atoms with Gasteiger partial charge in [-0.25, -0.2) is 0 Å². The first-order chi connectivity index (χ1) is 13.8. The summed E-state index contributed by atoms with van der Waals surface area (Å²) in [5.41, 5.74) is 4.09. The van der Waals surface area contributed by atoms with Gasteiger partial charge in [0.25, 0.3) is 17.5 Å². The monoisotopic (exact) mass is 428 g/mol. The Bertz CT molecular complexity index is 1030. The number of benzene rings is 2. The van der Waals surface area contributed by atoms with Gasteiger partial charge < -0.3 is 4.90 Å². The summed E-state index contributed by atoms with van der Waals surface area (Å²) < 4.78 is 0.171. The molecule has 0 spiro atoms. The highest BCUT2D eigenvalue weighted by Gasteiger charge is 2.34. The predicted octanol–water partition coefficient (Wildman–Crippen LogP) is 3.21. The zero-order valence-corrected chi connectivity index (χ0v) is 17.1. The van der Waals surface area contributed by atoms with Crippen LogP contribution in [0.3, 0.4) is 0 Å². The highest BCUT2D eigenvalue weighted by Crippen LogP contribution is 2.31. The molecule has 10 heteroatoms. The van der Waals surface area contributed by atoms with Crippen molar-refractivity contribution in [2.75, 3.05) is 19.0 Å². The van der Waals surface area contributed by atoms with Gasteiger partial charge in [-0.05, 0) is 42.1 Å². The SMILES string of the molecule is CN(C)c1ccc(C=C2SC(=S)N(NC(=O)c3cccc([N+](=O)[O-])c3)C2=O)cc1. The van der Waals surface area contributed by atoms with E-state index in [1.165, 1.54) is 18.2 Å². The standard InChI is InChI=1S/C19H16N4O4S2/c1-21(2)14-8-6-12(7-9-14)10-16-18(25)22(19(28)29-16)20-17(24)13-4-3-5-15(11-13)23(26)27/h3-11H,1-2H3,(H,20,24). The van der Waals surface area contributed by atoms with Crippen molar-refractivity contribution in [3.05, 3.63) is 74.7 Å². The molecule has 0 aromatic heterocycles. The largest absolute Gasteiger partial charge is 0.378 e. The van der Waals surface area contributed by atoms with Crippen LogP contribution in [-0.4, -0.2) is 40.2 Å². The van der Waals surface area contributed by atoms with E-state index in [0.29, 0.717) is 4.91 Å². The summed E-state index contributed by atoms with van der Waals surface area (Å²) in [6.07, 6.45) is 1.69. The minimum Gasteiger partial charge on any atom is -0.378 e. The number of amides is 2. The van der Waals surface area contributed by atoms with E-state index in [2.05, 4.69) is 5.43 Å². The van der Waals surface area contributed by atoms with E-state index in [0.717, 1.165) is 34.1 Å². The topological polar surface area (TPSA) is 95.8 Å². The number of nitrogens with zero attached hydrogens (tertiary/aromatic N) is 3. The van der Waals surface area contributed by atoms with Crippen LogP contribution < -0.4 is 10.3 Å². The molecule has 1 N–H and O–H groups in total. The van der Waals surface area contributed by atoms with Gasteiger partial charge in [-0.15, -0.1) is 0 Å². The third-order valence-corrected chi connectivity index (χ3v) is 5.34. The van der Waals surface area contributed by atoms with Crippen molar-refractivity contribution < 1.29 is 14.5 Å². The Hall–Kier alpha value is -3.24. The number of thioether (sulfide) groups is 1. The second-order valence-electron chi connectivity index (χ2n) is 6.25. The molecule has 2 aromatic carbocycles. The van der Waals surface area contributed by atoms with Crippen LogP contribution in [0.15, 0.2) is 53.4 Å². The molecule has 1 aliphatic heterocycles. The molecule has 0 unspecified atom stereocenters. The van der Waals surface area contributed by atoms with E-state index < -0.39 is 16.7 Å². The first kappa shape index (κ1) is 20.5. The molecule has 0 radical (unpaired) electrons. The Morgan fingerprint density at radius 2 is 1.93 bits per heavy atom. The van der Waals surface area contributed by atoms with Gasteiger partial charge in [0.05, 0.1) is 9.83 Å². The van der Waals surface area contributed by atoms with Gasteiger partial charge in [-0.2, -0.15) is 5.01 Å². The van der Waals surface area contributed by atoms with Gasteiger partial charge in [0.15, 0.2) is 4.32 Å². The number of non-ortho nitro benzene ring substituents is 1. The third-order valence-electron chi connectivity index (χ3n) is 4.03. The van der Waals surface area contributed by atoms with Gasteiger partial charge in [0.1, 0.15) is 0 Å². The Morgan fingerprint density at radius 1 is 1.24 bits per heavy atom. The number of nitro benzene ring substituents is 1. The summed E-state index contributed by atoms with van der Waals surface area (Å²) in [7, 11) is 3.87. The molecule has 148 valence electrons. The Morgan fingerprint density at radius 3 is 2.55 bits per heavy atom. The Labute approximate surface area is 176 Å². The van der Waals surface area contributed by atoms with Gasteiger partial charge in [0.2, 0.25) is 0 Å². The van der Waals surface area contributed by atoms with Crippen LogP contribution in [0.1, 0.15) is 15.9 Å². The molecular formula is C19H16N4O4S2. The van der Waals surface area contributed by atoms with Crippen molar-refractivity contribution in [1.29, 1.82) is 0 Å². The number of hydrogen-bond donors (Lipinski definition) is 1. The summed E-state index contributed by atoms with van der Waals surface area (Å²) in [4.78, 5) is 37.7. The van der Waals surface area contributed by atoms with E-state index >= 15 is 0 Å². The van der Waals surface area contributed by atoms with Crippen LogP contribution in [0.5, 0.6) is 0 Å². The molecule has 8 nitrogen and oxygen atoms in total. The zero-order chi connectivity index (χ0) is 21.1. The van der Waals surface area contributed by atoms with Crippen LogP contribution >= 0.6 is 24.0 Å². The summed E-state index contributed by atoms with van der Waals surface area (Å²) >= 11 is 6.27. The number of hydrogen-bond acceptors (Lipinski definition) is 7. The van der Waals surface area contributed by atoms with Crippen LogP contribution in [0.25, 0.3) is 6.08 Å². The maximum Gasteiger partial charge on any atom is 0.285 e. The molecule has 1 heterocycles.